The predicted octanol–water partition coefficient (Wildman–Crippen LogP) is 2.99. The van der Waals surface area contributed by atoms with Crippen LogP contribution in [0, 0.1) is 11.2 Å². The van der Waals surface area contributed by atoms with Crippen LogP contribution in [0.3, 0.4) is 0 Å². The van der Waals surface area contributed by atoms with Crippen molar-refractivity contribution in [2.24, 2.45) is 0 Å². The number of aromatic nitrogens is 1. The molecule has 2 heterocycles. The highest BCUT2D eigenvalue weighted by atomic mass is 35.5. The van der Waals surface area contributed by atoms with Gasteiger partial charge in [-0.25, -0.2) is 12.8 Å². The van der Waals surface area contributed by atoms with E-state index in [4.69, 9.17) is 17.0 Å². The lowest BCUT2D eigenvalue weighted by Crippen LogP contribution is -2.50. The van der Waals surface area contributed by atoms with Crippen LogP contribution in [0.15, 0.2) is 47.5 Å². The predicted molar refractivity (Wildman–Crippen MR) is 125 cm³/mol. The fourth-order valence-electron chi connectivity index (χ4n) is 3.75. The Morgan fingerprint density at radius 1 is 1.09 bits per heavy atom. The van der Waals surface area contributed by atoms with Gasteiger partial charge in [-0.2, -0.15) is 4.31 Å². The average Bonchev–Trinajstić information content (AvgIpc) is 3.22. The van der Waals surface area contributed by atoms with Crippen LogP contribution in [-0.2, 0) is 10.0 Å². The molecule has 174 valence electrons. The maximum absolute atomic E-state index is 14.6. The van der Waals surface area contributed by atoms with Crippen molar-refractivity contribution in [3.05, 3.63) is 64.4 Å². The molecule has 0 bridgehead atoms. The Morgan fingerprint density at radius 2 is 1.79 bits per heavy atom. The van der Waals surface area contributed by atoms with Crippen LogP contribution < -0.4 is 0 Å². The topological polar surface area (TPSA) is 101 Å². The van der Waals surface area contributed by atoms with Crippen LogP contribution in [0.4, 0.5) is 4.39 Å². The van der Waals surface area contributed by atoms with E-state index in [0.717, 1.165) is 0 Å². The first-order valence-corrected chi connectivity index (χ1v) is 12.0. The maximum Gasteiger partial charge on any atom is 0.258 e. The Labute approximate surface area is 196 Å². The van der Waals surface area contributed by atoms with Gasteiger partial charge in [0.1, 0.15) is 16.7 Å². The van der Waals surface area contributed by atoms with Crippen LogP contribution in [0.2, 0.25) is 5.02 Å². The fourth-order valence-corrected chi connectivity index (χ4v) is 5.37. The summed E-state index contributed by atoms with van der Waals surface area (Å²) in [5, 5.41) is 9.21. The molecule has 1 saturated heterocycles. The second kappa shape index (κ2) is 8.77. The number of rotatable bonds is 4. The molecule has 1 fully saturated rings. The summed E-state index contributed by atoms with van der Waals surface area (Å²) in [5.41, 5.74) is 0.923. The highest BCUT2D eigenvalue weighted by molar-refractivity contribution is 7.89. The molecule has 1 aliphatic rings. The number of nitrogens with zero attached hydrogens (tertiary/aromatic N) is 3. The van der Waals surface area contributed by atoms with Gasteiger partial charge < -0.3 is 14.8 Å². The van der Waals surface area contributed by atoms with E-state index >= 15 is 0 Å². The van der Waals surface area contributed by atoms with Crippen LogP contribution in [-0.4, -0.2) is 79.5 Å². The van der Waals surface area contributed by atoms with Crippen LogP contribution >= 0.6 is 11.6 Å². The molecule has 4 rings (SSSR count). The van der Waals surface area contributed by atoms with E-state index in [1.54, 1.807) is 32.3 Å². The number of nitrogens with one attached hydrogen (secondary N) is 2. The molecule has 2 aromatic carbocycles. The van der Waals surface area contributed by atoms with Crippen molar-refractivity contribution >= 4 is 44.3 Å². The lowest BCUT2D eigenvalue weighted by molar-refractivity contribution is 0.0693. The zero-order valence-electron chi connectivity index (χ0n) is 18.1. The SMILES string of the molecule is CN(C)C(=N)c1ccc(C(=O)N2CCN(S(=O)(=O)c3cc4cc(Cl)ccc4[nH]3)CC2)c(F)c1. The van der Waals surface area contributed by atoms with E-state index in [1.807, 2.05) is 0 Å². The summed E-state index contributed by atoms with van der Waals surface area (Å²) in [6.07, 6.45) is 0. The molecule has 11 heteroatoms. The molecule has 1 amide bonds. The lowest BCUT2D eigenvalue weighted by atomic mass is 10.1. The number of fused-ring (bicyclic) bond motifs is 1. The minimum Gasteiger partial charge on any atom is -0.363 e. The Bertz CT molecular complexity index is 1350. The number of sulfonamides is 1. The minimum atomic E-state index is -3.79. The molecule has 1 aromatic heterocycles. The standard InChI is InChI=1S/C22H23ClFN5O3S/c1-27(2)21(25)14-3-5-17(18(24)12-14)22(30)28-7-9-29(10-8-28)33(31,32)20-13-15-11-16(23)4-6-19(15)26-20/h3-6,11-13,25-26H,7-10H2,1-2H3. The first kappa shape index (κ1) is 23.2. The van der Waals surface area contributed by atoms with Gasteiger partial charge in [0.25, 0.3) is 15.9 Å². The normalized spacial score (nSPS) is 15.1. The van der Waals surface area contributed by atoms with Crippen molar-refractivity contribution in [2.75, 3.05) is 40.3 Å². The number of H-pyrrole nitrogens is 1. The summed E-state index contributed by atoms with van der Waals surface area (Å²) >= 11 is 5.99. The number of carbonyl (C=O) groups is 1. The third kappa shape index (κ3) is 4.46. The lowest BCUT2D eigenvalue weighted by Gasteiger charge is -2.33. The van der Waals surface area contributed by atoms with Crippen molar-refractivity contribution in [1.82, 2.24) is 19.1 Å². The van der Waals surface area contributed by atoms with Gasteiger partial charge >= 0.3 is 0 Å². The number of piperazine rings is 1. The first-order chi connectivity index (χ1) is 15.6. The molecule has 1 aliphatic heterocycles. The van der Waals surface area contributed by atoms with E-state index in [-0.39, 0.29) is 42.6 Å². The Kier molecular flexibility index (Phi) is 6.17. The van der Waals surface area contributed by atoms with Crippen LogP contribution in [0.5, 0.6) is 0 Å². The molecule has 2 N–H and O–H groups in total. The highest BCUT2D eigenvalue weighted by Gasteiger charge is 2.32. The second-order valence-corrected chi connectivity index (χ2v) is 10.3. The summed E-state index contributed by atoms with van der Waals surface area (Å²) < 4.78 is 42.1. The maximum atomic E-state index is 14.6. The van der Waals surface area contributed by atoms with Crippen LogP contribution in [0.25, 0.3) is 10.9 Å². The van der Waals surface area contributed by atoms with Gasteiger partial charge in [-0.15, -0.1) is 0 Å². The van der Waals surface area contributed by atoms with Gasteiger partial charge in [0.15, 0.2) is 0 Å². The minimum absolute atomic E-state index is 0.0597. The van der Waals surface area contributed by atoms with Gasteiger partial charge in [-0.3, -0.25) is 10.2 Å². The van der Waals surface area contributed by atoms with E-state index in [1.165, 1.54) is 38.4 Å². The second-order valence-electron chi connectivity index (χ2n) is 8.00. The third-order valence-electron chi connectivity index (χ3n) is 5.62. The molecule has 33 heavy (non-hydrogen) atoms. The number of amides is 1. The van der Waals surface area contributed by atoms with E-state index < -0.39 is 21.7 Å². The zero-order valence-corrected chi connectivity index (χ0v) is 19.7. The van der Waals surface area contributed by atoms with Gasteiger partial charge in [-0.1, -0.05) is 17.7 Å². The third-order valence-corrected chi connectivity index (χ3v) is 7.68. The van der Waals surface area contributed by atoms with Crippen molar-refractivity contribution in [3.63, 3.8) is 0 Å². The van der Waals surface area contributed by atoms with Gasteiger partial charge in [0.2, 0.25) is 0 Å². The zero-order chi connectivity index (χ0) is 23.9. The molecular formula is C22H23ClFN5O3S. The molecule has 0 unspecified atom stereocenters. The Morgan fingerprint density at radius 3 is 2.42 bits per heavy atom. The molecule has 3 aromatic rings. The fraction of sp³-hybridized carbons (Fsp3) is 0.273. The largest absolute Gasteiger partial charge is 0.363 e. The number of hydrogen-bond donors (Lipinski definition) is 2. The summed E-state index contributed by atoms with van der Waals surface area (Å²) in [6, 6.07) is 10.7. The van der Waals surface area contributed by atoms with Gasteiger partial charge in [0.05, 0.1) is 5.56 Å². The summed E-state index contributed by atoms with van der Waals surface area (Å²) in [5.74, 6) is -1.09. The first-order valence-electron chi connectivity index (χ1n) is 10.2. The number of halogens is 2. The van der Waals surface area contributed by atoms with Crippen LogP contribution in [0.1, 0.15) is 15.9 Å². The number of amidine groups is 1. The van der Waals surface area contributed by atoms with E-state index in [0.29, 0.717) is 21.5 Å². The molecule has 0 atom stereocenters. The highest BCUT2D eigenvalue weighted by Crippen LogP contribution is 2.25. The number of carbonyl (C=O) groups excluding carboxylic acids is 1. The summed E-state index contributed by atoms with van der Waals surface area (Å²) in [6.45, 7) is 0.460. The Balaban J connectivity index is 1.47. The van der Waals surface area contributed by atoms with Crippen molar-refractivity contribution in [2.45, 2.75) is 5.03 Å². The van der Waals surface area contributed by atoms with E-state index in [9.17, 15) is 17.6 Å². The van der Waals surface area contributed by atoms with Gasteiger partial charge in [0, 0.05) is 61.8 Å². The number of aromatic amines is 1. The van der Waals surface area contributed by atoms with Gasteiger partial charge in [-0.05, 0) is 36.4 Å². The Hall–Kier alpha value is -2.95. The molecule has 0 saturated carbocycles. The summed E-state index contributed by atoms with van der Waals surface area (Å²) in [7, 11) is -0.431. The smallest absolute Gasteiger partial charge is 0.258 e. The molecule has 8 nitrogen and oxygen atoms in total. The summed E-state index contributed by atoms with van der Waals surface area (Å²) in [4.78, 5) is 18.7. The molecule has 0 aliphatic carbocycles. The van der Waals surface area contributed by atoms with Crippen molar-refractivity contribution < 1.29 is 17.6 Å². The molecule has 0 radical (unpaired) electrons. The molecule has 0 spiro atoms. The molecular weight excluding hydrogens is 469 g/mol. The average molecular weight is 492 g/mol. The van der Waals surface area contributed by atoms with Crippen molar-refractivity contribution in [1.29, 1.82) is 5.41 Å². The van der Waals surface area contributed by atoms with Crippen molar-refractivity contribution in [3.8, 4) is 0 Å². The number of hydrogen-bond acceptors (Lipinski definition) is 4. The van der Waals surface area contributed by atoms with E-state index in [2.05, 4.69) is 4.98 Å². The monoisotopic (exact) mass is 491 g/mol. The number of benzene rings is 2. The quantitative estimate of drug-likeness (QED) is 0.433.